The molecule has 1 aromatic carbocycles. The van der Waals surface area contributed by atoms with E-state index >= 15 is 0 Å². The first kappa shape index (κ1) is 13.0. The van der Waals surface area contributed by atoms with E-state index in [0.717, 1.165) is 0 Å². The van der Waals surface area contributed by atoms with Crippen molar-refractivity contribution in [1.29, 1.82) is 0 Å². The van der Waals surface area contributed by atoms with Crippen LogP contribution in [0.25, 0.3) is 0 Å². The second kappa shape index (κ2) is 5.89. The van der Waals surface area contributed by atoms with Gasteiger partial charge in [0.05, 0.1) is 7.11 Å². The smallest absolute Gasteiger partial charge is 0.195 e. The molecule has 1 rings (SSSR count). The molecule has 0 radical (unpaired) electrons. The third-order valence-electron chi connectivity index (χ3n) is 2.07. The molecule has 5 heteroatoms. The summed E-state index contributed by atoms with van der Waals surface area (Å²) in [6.45, 7) is 0.0160. The molecule has 0 fully saturated rings. The number of hydrogen-bond donors (Lipinski definition) is 0. The second-order valence-corrected chi connectivity index (χ2v) is 4.52. The molecule has 0 saturated heterocycles. The van der Waals surface area contributed by atoms with Crippen LogP contribution in [-0.2, 0) is 15.9 Å². The van der Waals surface area contributed by atoms with E-state index in [9.17, 15) is 9.35 Å². The predicted octanol–water partition coefficient (Wildman–Crippen LogP) is 1.26. The topological polar surface area (TPSA) is 58.6 Å². The number of hydrogen-bond acceptors (Lipinski definition) is 4. The summed E-state index contributed by atoms with van der Waals surface area (Å²) in [5, 5.41) is 0. The van der Waals surface area contributed by atoms with Crippen molar-refractivity contribution < 1.29 is 18.8 Å². The van der Waals surface area contributed by atoms with E-state index in [1.165, 1.54) is 14.2 Å². The number of ketones is 1. The zero-order valence-corrected chi connectivity index (χ0v) is 10.3. The molecule has 4 nitrogen and oxygen atoms in total. The molecular formula is C11H14O4S. The second-order valence-electron chi connectivity index (χ2n) is 3.18. The zero-order valence-electron chi connectivity index (χ0n) is 9.48. The third kappa shape index (κ3) is 2.98. The molecule has 0 N–H and O–H groups in total. The van der Waals surface area contributed by atoms with E-state index in [4.69, 9.17) is 9.47 Å². The molecule has 0 aromatic heterocycles. The summed E-state index contributed by atoms with van der Waals surface area (Å²) in [5.74, 6) is 0.381. The highest BCUT2D eigenvalue weighted by atomic mass is 32.2. The number of rotatable bonds is 5. The van der Waals surface area contributed by atoms with Crippen molar-refractivity contribution >= 4 is 17.0 Å². The van der Waals surface area contributed by atoms with Gasteiger partial charge >= 0.3 is 0 Å². The van der Waals surface area contributed by atoms with Gasteiger partial charge in [-0.05, 0) is 23.3 Å². The minimum atomic E-state index is -1.19. The molecule has 0 aliphatic carbocycles. The van der Waals surface area contributed by atoms with E-state index in [1.807, 2.05) is 0 Å². The van der Waals surface area contributed by atoms with Crippen molar-refractivity contribution in [1.82, 2.24) is 0 Å². The normalized spacial score (nSPS) is 12.2. The Kier molecular flexibility index (Phi) is 4.79. The summed E-state index contributed by atoms with van der Waals surface area (Å²) >= 11 is -1.19. The van der Waals surface area contributed by atoms with Crippen molar-refractivity contribution in [3.63, 3.8) is 0 Å². The molecule has 1 atom stereocenters. The Balaban J connectivity index is 3.06. The van der Waals surface area contributed by atoms with Crippen LogP contribution in [0.4, 0.5) is 0 Å². The molecule has 16 heavy (non-hydrogen) atoms. The Morgan fingerprint density at radius 1 is 1.44 bits per heavy atom. The molecule has 1 aromatic rings. The fraction of sp³-hybridized carbons (Fsp3) is 0.364. The molecular weight excluding hydrogens is 228 g/mol. The van der Waals surface area contributed by atoms with Gasteiger partial charge in [-0.2, -0.15) is 0 Å². The van der Waals surface area contributed by atoms with E-state index in [1.54, 1.807) is 24.5 Å². The number of carbonyl (C=O) groups excluding carboxylic acids is 1. The Hall–Kier alpha value is -1.04. The van der Waals surface area contributed by atoms with E-state index in [2.05, 4.69) is 0 Å². The molecule has 0 saturated carbocycles. The summed E-state index contributed by atoms with van der Waals surface area (Å²) in [7, 11) is 2.96. The van der Waals surface area contributed by atoms with Crippen LogP contribution in [0.1, 0.15) is 10.4 Å². The lowest BCUT2D eigenvalue weighted by molar-refractivity contribution is 0.0848. The Bertz CT molecular complexity index is 376. The first-order valence-corrected chi connectivity index (χ1v) is 6.19. The first-order chi connectivity index (χ1) is 7.60. The van der Waals surface area contributed by atoms with Gasteiger partial charge in [0.2, 0.25) is 0 Å². The van der Waals surface area contributed by atoms with Gasteiger partial charge in [-0.1, -0.05) is 0 Å². The van der Waals surface area contributed by atoms with Crippen LogP contribution >= 0.6 is 0 Å². The van der Waals surface area contributed by atoms with Gasteiger partial charge in [0.15, 0.2) is 16.4 Å². The van der Waals surface area contributed by atoms with Crippen LogP contribution < -0.4 is 4.74 Å². The molecule has 0 spiro atoms. The van der Waals surface area contributed by atoms with Gasteiger partial charge in [-0.25, -0.2) is 0 Å². The quantitative estimate of drug-likeness (QED) is 0.576. The lowest BCUT2D eigenvalue weighted by Gasteiger charge is -2.10. The van der Waals surface area contributed by atoms with Gasteiger partial charge in [0.25, 0.3) is 0 Å². The van der Waals surface area contributed by atoms with Crippen LogP contribution in [0, 0.1) is 0 Å². The highest BCUT2D eigenvalue weighted by Gasteiger charge is 2.16. The molecule has 0 amide bonds. The highest BCUT2D eigenvalue weighted by molar-refractivity contribution is 7.90. The average molecular weight is 242 g/mol. The predicted molar refractivity (Wildman–Crippen MR) is 61.5 cm³/mol. The minimum absolute atomic E-state index is 0.0160. The summed E-state index contributed by atoms with van der Waals surface area (Å²) < 4.78 is 21.3. The largest absolute Gasteiger partial charge is 0.612 e. The third-order valence-corrected chi connectivity index (χ3v) is 3.01. The zero-order chi connectivity index (χ0) is 12.1. The van der Waals surface area contributed by atoms with Gasteiger partial charge in [0.1, 0.15) is 12.9 Å². The SMILES string of the molecule is COCC(=O)c1ccc(OC)c([S+](C)[O-])c1. The minimum Gasteiger partial charge on any atom is -0.612 e. The van der Waals surface area contributed by atoms with Gasteiger partial charge in [0, 0.05) is 18.7 Å². The monoisotopic (exact) mass is 242 g/mol. The lowest BCUT2D eigenvalue weighted by Crippen LogP contribution is -2.09. The van der Waals surface area contributed by atoms with Crippen LogP contribution in [-0.4, -0.2) is 37.4 Å². The van der Waals surface area contributed by atoms with Crippen LogP contribution in [0.15, 0.2) is 23.1 Å². The fourth-order valence-corrected chi connectivity index (χ4v) is 2.02. The summed E-state index contributed by atoms with van der Waals surface area (Å²) in [5.41, 5.74) is 0.479. The molecule has 0 aliphatic heterocycles. The van der Waals surface area contributed by atoms with Crippen LogP contribution in [0.2, 0.25) is 0 Å². The maximum Gasteiger partial charge on any atom is 0.195 e. The van der Waals surface area contributed by atoms with Gasteiger partial charge in [-0.15, -0.1) is 0 Å². The first-order valence-electron chi connectivity index (χ1n) is 4.63. The maximum atomic E-state index is 11.6. The number of benzene rings is 1. The fourth-order valence-electron chi connectivity index (χ4n) is 1.29. The van der Waals surface area contributed by atoms with Crippen LogP contribution in [0.5, 0.6) is 5.75 Å². The van der Waals surface area contributed by atoms with E-state index in [-0.39, 0.29) is 12.4 Å². The van der Waals surface area contributed by atoms with Crippen molar-refractivity contribution in [2.45, 2.75) is 4.90 Å². The van der Waals surface area contributed by atoms with Gasteiger partial charge < -0.3 is 14.0 Å². The molecule has 88 valence electrons. The average Bonchev–Trinajstić information content (AvgIpc) is 2.28. The molecule has 1 unspecified atom stereocenters. The van der Waals surface area contributed by atoms with Gasteiger partial charge in [-0.3, -0.25) is 4.79 Å². The van der Waals surface area contributed by atoms with Crippen molar-refractivity contribution in [3.8, 4) is 5.75 Å². The standard InChI is InChI=1S/C11H14O4S/c1-14-7-9(12)8-4-5-10(15-2)11(6-8)16(3)13/h4-6H,7H2,1-3H3. The molecule has 0 heterocycles. The summed E-state index contributed by atoms with van der Waals surface area (Å²) in [6, 6.07) is 4.85. The van der Waals surface area contributed by atoms with E-state index in [0.29, 0.717) is 16.2 Å². The Morgan fingerprint density at radius 2 is 2.12 bits per heavy atom. The maximum absolute atomic E-state index is 11.6. The molecule has 0 bridgehead atoms. The number of ether oxygens (including phenoxy) is 2. The number of methoxy groups -OCH3 is 2. The Morgan fingerprint density at radius 3 is 2.62 bits per heavy atom. The van der Waals surface area contributed by atoms with Crippen molar-refractivity contribution in [3.05, 3.63) is 23.8 Å². The van der Waals surface area contributed by atoms with Crippen molar-refractivity contribution in [2.24, 2.45) is 0 Å². The number of carbonyl (C=O) groups is 1. The number of Topliss-reactive ketones (excluding diaryl/α,β-unsaturated/α-hetero) is 1. The highest BCUT2D eigenvalue weighted by Crippen LogP contribution is 2.24. The van der Waals surface area contributed by atoms with Crippen molar-refractivity contribution in [2.75, 3.05) is 27.1 Å². The van der Waals surface area contributed by atoms with Crippen LogP contribution in [0.3, 0.4) is 0 Å². The Labute approximate surface area is 97.7 Å². The van der Waals surface area contributed by atoms with E-state index < -0.39 is 11.2 Å². The lowest BCUT2D eigenvalue weighted by atomic mass is 10.1. The summed E-state index contributed by atoms with van der Waals surface area (Å²) in [4.78, 5) is 12.1. The summed E-state index contributed by atoms with van der Waals surface area (Å²) in [6.07, 6.45) is 1.54. The molecule has 0 aliphatic rings.